The maximum absolute atomic E-state index is 13.1. The summed E-state index contributed by atoms with van der Waals surface area (Å²) in [6.07, 6.45) is 0.502. The Morgan fingerprint density at radius 3 is 2.47 bits per heavy atom. The number of nitrogens with one attached hydrogen (secondary N) is 1. The summed E-state index contributed by atoms with van der Waals surface area (Å²) < 4.78 is 32.0. The SMILES string of the molecule is COC(=O)c1ccccc1S(=O)(=O)N1CCC(C(=O)Nc2ccc(Cl)c([N+](=O)[O-])c2)CC1. The van der Waals surface area contributed by atoms with Crippen LogP contribution in [0.2, 0.25) is 5.02 Å². The van der Waals surface area contributed by atoms with Gasteiger partial charge in [-0.3, -0.25) is 14.9 Å². The number of carbonyl (C=O) groups is 2. The number of anilines is 1. The second-order valence-corrected chi connectivity index (χ2v) is 9.39. The van der Waals surface area contributed by atoms with E-state index in [0.717, 1.165) is 0 Å². The van der Waals surface area contributed by atoms with Gasteiger partial charge in [0.1, 0.15) is 5.02 Å². The number of piperidine rings is 1. The number of rotatable bonds is 6. The van der Waals surface area contributed by atoms with Crippen LogP contribution in [0.4, 0.5) is 11.4 Å². The van der Waals surface area contributed by atoms with Crippen molar-refractivity contribution < 1.29 is 27.7 Å². The quantitative estimate of drug-likeness (QED) is 0.380. The van der Waals surface area contributed by atoms with Gasteiger partial charge in [0.2, 0.25) is 15.9 Å². The van der Waals surface area contributed by atoms with Crippen LogP contribution >= 0.6 is 11.6 Å². The number of sulfonamides is 1. The van der Waals surface area contributed by atoms with Gasteiger partial charge in [0.25, 0.3) is 5.69 Å². The lowest BCUT2D eigenvalue weighted by Gasteiger charge is -2.30. The first-order valence-corrected chi connectivity index (χ1v) is 11.4. The fourth-order valence-electron chi connectivity index (χ4n) is 3.44. The lowest BCUT2D eigenvalue weighted by Crippen LogP contribution is -2.41. The molecule has 12 heteroatoms. The van der Waals surface area contributed by atoms with Crippen LogP contribution in [0.25, 0.3) is 0 Å². The molecule has 1 amide bonds. The number of carbonyl (C=O) groups excluding carboxylic acids is 2. The minimum atomic E-state index is -3.96. The molecule has 32 heavy (non-hydrogen) atoms. The summed E-state index contributed by atoms with van der Waals surface area (Å²) in [5.74, 6) is -1.60. The molecule has 0 atom stereocenters. The summed E-state index contributed by atoms with van der Waals surface area (Å²) in [6, 6.07) is 9.73. The van der Waals surface area contributed by atoms with Crippen molar-refractivity contribution in [1.82, 2.24) is 4.31 Å². The standard InChI is InChI=1S/C20H20ClN3O7S/c1-31-20(26)15-4-2-3-5-18(15)32(29,30)23-10-8-13(9-11-23)19(25)22-14-6-7-16(21)17(12-14)24(27)28/h2-7,12-13H,8-11H2,1H3,(H,22,25). The van der Waals surface area contributed by atoms with E-state index in [1.54, 1.807) is 6.07 Å². The average molecular weight is 482 g/mol. The second kappa shape index (κ2) is 9.63. The highest BCUT2D eigenvalue weighted by atomic mass is 35.5. The smallest absolute Gasteiger partial charge is 0.339 e. The number of amides is 1. The number of nitrogens with zero attached hydrogens (tertiary/aromatic N) is 2. The number of hydrogen-bond acceptors (Lipinski definition) is 7. The van der Waals surface area contributed by atoms with E-state index in [1.165, 1.54) is 47.8 Å². The molecule has 0 saturated carbocycles. The number of methoxy groups -OCH3 is 1. The molecule has 10 nitrogen and oxygen atoms in total. The molecule has 1 heterocycles. The van der Waals surface area contributed by atoms with Crippen molar-refractivity contribution in [2.75, 3.05) is 25.5 Å². The molecule has 2 aromatic carbocycles. The first kappa shape index (κ1) is 23.6. The second-order valence-electron chi connectivity index (χ2n) is 7.08. The fraction of sp³-hybridized carbons (Fsp3) is 0.300. The average Bonchev–Trinajstić information content (AvgIpc) is 2.79. The van der Waals surface area contributed by atoms with Crippen molar-refractivity contribution in [2.24, 2.45) is 5.92 Å². The van der Waals surface area contributed by atoms with E-state index in [9.17, 15) is 28.1 Å². The normalized spacial score (nSPS) is 15.2. The molecule has 0 aliphatic carbocycles. The van der Waals surface area contributed by atoms with Crippen molar-refractivity contribution in [3.8, 4) is 0 Å². The van der Waals surface area contributed by atoms with E-state index in [-0.39, 0.29) is 58.7 Å². The maximum Gasteiger partial charge on any atom is 0.339 e. The molecule has 1 saturated heterocycles. The first-order chi connectivity index (χ1) is 15.1. The Bertz CT molecular complexity index is 1160. The highest BCUT2D eigenvalue weighted by molar-refractivity contribution is 7.89. The zero-order chi connectivity index (χ0) is 23.5. The summed E-state index contributed by atoms with van der Waals surface area (Å²) in [7, 11) is -2.79. The van der Waals surface area contributed by atoms with Crippen LogP contribution in [0, 0.1) is 16.0 Å². The van der Waals surface area contributed by atoms with E-state index in [4.69, 9.17) is 11.6 Å². The lowest BCUT2D eigenvalue weighted by molar-refractivity contribution is -0.384. The molecule has 1 fully saturated rings. The van der Waals surface area contributed by atoms with Crippen LogP contribution in [0.5, 0.6) is 0 Å². The van der Waals surface area contributed by atoms with Gasteiger partial charge in [-0.1, -0.05) is 23.7 Å². The molecular weight excluding hydrogens is 462 g/mol. The highest BCUT2D eigenvalue weighted by Gasteiger charge is 2.34. The van der Waals surface area contributed by atoms with Crippen LogP contribution in [0.1, 0.15) is 23.2 Å². The maximum atomic E-state index is 13.1. The number of halogens is 1. The van der Waals surface area contributed by atoms with E-state index < -0.39 is 26.8 Å². The molecular formula is C20H20ClN3O7S. The highest BCUT2D eigenvalue weighted by Crippen LogP contribution is 2.29. The van der Waals surface area contributed by atoms with Crippen LogP contribution in [0.15, 0.2) is 47.4 Å². The molecule has 170 valence electrons. The zero-order valence-electron chi connectivity index (χ0n) is 17.0. The number of nitro benzene ring substituents is 1. The third-order valence-electron chi connectivity index (χ3n) is 5.15. The Kier molecular flexibility index (Phi) is 7.12. The van der Waals surface area contributed by atoms with Crippen molar-refractivity contribution in [2.45, 2.75) is 17.7 Å². The van der Waals surface area contributed by atoms with Gasteiger partial charge in [0.15, 0.2) is 0 Å². The molecule has 3 rings (SSSR count). The van der Waals surface area contributed by atoms with Crippen molar-refractivity contribution in [3.05, 3.63) is 63.2 Å². The Morgan fingerprint density at radius 2 is 1.84 bits per heavy atom. The van der Waals surface area contributed by atoms with Gasteiger partial charge in [-0.2, -0.15) is 4.31 Å². The number of hydrogen-bond donors (Lipinski definition) is 1. The topological polar surface area (TPSA) is 136 Å². The summed E-state index contributed by atoms with van der Waals surface area (Å²) in [6.45, 7) is 0.160. The molecule has 1 aliphatic heterocycles. The molecule has 0 unspecified atom stereocenters. The molecule has 1 aliphatic rings. The van der Waals surface area contributed by atoms with Gasteiger partial charge in [0.05, 0.1) is 22.5 Å². The van der Waals surface area contributed by atoms with Gasteiger partial charge in [-0.25, -0.2) is 13.2 Å². The summed E-state index contributed by atoms with van der Waals surface area (Å²) in [4.78, 5) is 34.8. The number of nitro groups is 1. The Hall–Kier alpha value is -3.02. The fourth-order valence-corrected chi connectivity index (χ4v) is 5.28. The molecule has 0 aromatic heterocycles. The number of benzene rings is 2. The third-order valence-corrected chi connectivity index (χ3v) is 7.42. The monoisotopic (exact) mass is 481 g/mol. The summed E-state index contributed by atoms with van der Waals surface area (Å²) in [5.41, 5.74) is -0.151. The van der Waals surface area contributed by atoms with Crippen LogP contribution in [0.3, 0.4) is 0 Å². The predicted molar refractivity (Wildman–Crippen MR) is 116 cm³/mol. The van der Waals surface area contributed by atoms with Gasteiger partial charge in [0, 0.05) is 30.8 Å². The molecule has 0 bridgehead atoms. The van der Waals surface area contributed by atoms with E-state index in [0.29, 0.717) is 0 Å². The van der Waals surface area contributed by atoms with Gasteiger partial charge < -0.3 is 10.1 Å². The summed E-state index contributed by atoms with van der Waals surface area (Å²) >= 11 is 5.78. The van der Waals surface area contributed by atoms with Crippen LogP contribution in [-0.4, -0.2) is 49.7 Å². The summed E-state index contributed by atoms with van der Waals surface area (Å²) in [5, 5.41) is 13.6. The first-order valence-electron chi connectivity index (χ1n) is 9.57. The largest absolute Gasteiger partial charge is 0.465 e. The Morgan fingerprint density at radius 1 is 1.19 bits per heavy atom. The molecule has 1 N–H and O–H groups in total. The van der Waals surface area contributed by atoms with Crippen molar-refractivity contribution >= 4 is 44.9 Å². The van der Waals surface area contributed by atoms with Crippen molar-refractivity contribution in [1.29, 1.82) is 0 Å². The third kappa shape index (κ3) is 4.90. The Labute approximate surface area is 189 Å². The van der Waals surface area contributed by atoms with Gasteiger partial charge in [-0.15, -0.1) is 0 Å². The zero-order valence-corrected chi connectivity index (χ0v) is 18.6. The van der Waals surface area contributed by atoms with E-state index >= 15 is 0 Å². The van der Waals surface area contributed by atoms with E-state index in [2.05, 4.69) is 10.1 Å². The number of ether oxygens (including phenoxy) is 1. The van der Waals surface area contributed by atoms with Gasteiger partial charge in [-0.05, 0) is 37.1 Å². The predicted octanol–water partition coefficient (Wildman–Crippen LogP) is 3.07. The van der Waals surface area contributed by atoms with Crippen LogP contribution in [-0.2, 0) is 19.6 Å². The van der Waals surface area contributed by atoms with Crippen molar-refractivity contribution in [3.63, 3.8) is 0 Å². The lowest BCUT2D eigenvalue weighted by atomic mass is 9.97. The number of esters is 1. The van der Waals surface area contributed by atoms with E-state index in [1.807, 2.05) is 0 Å². The van der Waals surface area contributed by atoms with Gasteiger partial charge >= 0.3 is 5.97 Å². The molecule has 0 spiro atoms. The molecule has 2 aromatic rings. The van der Waals surface area contributed by atoms with Crippen LogP contribution < -0.4 is 5.32 Å². The minimum Gasteiger partial charge on any atom is -0.465 e. The Balaban J connectivity index is 1.69. The minimum absolute atomic E-state index is 0.0428. The molecule has 0 radical (unpaired) electrons.